The quantitative estimate of drug-likeness (QED) is 0.269. The van der Waals surface area contributed by atoms with Crippen molar-refractivity contribution in [3.63, 3.8) is 0 Å². The Kier molecular flexibility index (Phi) is 5.97. The van der Waals surface area contributed by atoms with Crippen molar-refractivity contribution in [2.75, 3.05) is 39.8 Å². The second kappa shape index (κ2) is 8.79. The van der Waals surface area contributed by atoms with Crippen LogP contribution < -0.4 is 5.73 Å². The molecule has 1 aromatic carbocycles. The molecule has 196 valence electrons. The molecule has 0 spiro atoms. The van der Waals surface area contributed by atoms with Gasteiger partial charge in [0.15, 0.2) is 17.2 Å². The number of rotatable bonds is 4. The summed E-state index contributed by atoms with van der Waals surface area (Å²) in [4.78, 5) is 55.3. The summed E-state index contributed by atoms with van der Waals surface area (Å²) in [5.74, 6) is -7.08. The van der Waals surface area contributed by atoms with Gasteiger partial charge in [0, 0.05) is 49.7 Å². The van der Waals surface area contributed by atoms with Crippen LogP contribution in [0.3, 0.4) is 0 Å². The van der Waals surface area contributed by atoms with Gasteiger partial charge in [0.2, 0.25) is 5.78 Å². The zero-order chi connectivity index (χ0) is 26.8. The third kappa shape index (κ3) is 3.76. The first kappa shape index (κ1) is 25.1. The van der Waals surface area contributed by atoms with Crippen LogP contribution in [0.1, 0.15) is 34.3 Å². The van der Waals surface area contributed by atoms with Crippen molar-refractivity contribution in [1.29, 1.82) is 0 Å². The van der Waals surface area contributed by atoms with Gasteiger partial charge in [-0.1, -0.05) is 0 Å². The summed E-state index contributed by atoms with van der Waals surface area (Å²) in [6.07, 6.45) is -0.269. The molecular weight excluding hydrogens is 482 g/mol. The number of Topliss-reactive ketones (excluding diaryl/α,β-unsaturated/α-hetero) is 3. The molecule has 1 saturated heterocycles. The van der Waals surface area contributed by atoms with Gasteiger partial charge in [-0.25, -0.2) is 0 Å². The first-order valence-electron chi connectivity index (χ1n) is 12.2. The average molecular weight is 512 g/mol. The van der Waals surface area contributed by atoms with Gasteiger partial charge >= 0.3 is 0 Å². The fraction of sp³-hybridized carbons (Fsp3) is 0.462. The molecular formula is C26H29N3O8. The molecule has 6 N–H and O–H groups in total. The molecule has 2 fully saturated rings. The van der Waals surface area contributed by atoms with Crippen LogP contribution in [0.15, 0.2) is 29.0 Å². The van der Waals surface area contributed by atoms with E-state index in [9.17, 15) is 39.6 Å². The number of piperazine rings is 1. The van der Waals surface area contributed by atoms with Gasteiger partial charge < -0.3 is 31.1 Å². The number of phenolic OH excluding ortho intramolecular Hbond substituents is 1. The Morgan fingerprint density at radius 1 is 1.08 bits per heavy atom. The fourth-order valence-electron chi connectivity index (χ4n) is 6.18. The van der Waals surface area contributed by atoms with Crippen molar-refractivity contribution in [2.24, 2.45) is 17.6 Å². The van der Waals surface area contributed by atoms with Crippen LogP contribution in [0.4, 0.5) is 0 Å². The number of benzene rings is 1. The third-order valence-electron chi connectivity index (χ3n) is 8.21. The SMILES string of the molecule is CN1CCN(CC(=O)c2ccc(O)c3c2CC2CC4CC(=O)C(C(N)=O)=C(O)C4(O)C(=O)C2=C3O)CC1. The minimum Gasteiger partial charge on any atom is -0.508 e. The van der Waals surface area contributed by atoms with E-state index < -0.39 is 58.4 Å². The molecule has 5 rings (SSSR count). The molecule has 3 unspecified atom stereocenters. The lowest BCUT2D eigenvalue weighted by Gasteiger charge is -2.46. The Morgan fingerprint density at radius 3 is 2.41 bits per heavy atom. The number of hydrogen-bond acceptors (Lipinski definition) is 10. The van der Waals surface area contributed by atoms with Gasteiger partial charge in [0.25, 0.3) is 5.91 Å². The number of nitrogens with two attached hydrogens (primary N) is 1. The molecule has 4 aliphatic rings. The maximum atomic E-state index is 13.6. The fourth-order valence-corrected chi connectivity index (χ4v) is 6.18. The monoisotopic (exact) mass is 511 g/mol. The Morgan fingerprint density at radius 2 is 1.76 bits per heavy atom. The van der Waals surface area contributed by atoms with Crippen molar-refractivity contribution in [1.82, 2.24) is 9.80 Å². The van der Waals surface area contributed by atoms with Gasteiger partial charge in [0.1, 0.15) is 22.8 Å². The highest BCUT2D eigenvalue weighted by Crippen LogP contribution is 2.52. The summed E-state index contributed by atoms with van der Waals surface area (Å²) in [5.41, 5.74) is 2.18. The van der Waals surface area contributed by atoms with Crippen molar-refractivity contribution in [3.8, 4) is 5.75 Å². The Bertz CT molecular complexity index is 1310. The number of aliphatic hydroxyl groups is 3. The smallest absolute Gasteiger partial charge is 0.255 e. The maximum Gasteiger partial charge on any atom is 0.255 e. The summed E-state index contributed by atoms with van der Waals surface area (Å²) in [5, 5.41) is 43.7. The lowest BCUT2D eigenvalue weighted by atomic mass is 9.59. The van der Waals surface area contributed by atoms with Gasteiger partial charge in [-0.3, -0.25) is 24.1 Å². The number of fused-ring (bicyclic) bond motifs is 3. The third-order valence-corrected chi connectivity index (χ3v) is 8.21. The lowest BCUT2D eigenvalue weighted by Crippen LogP contribution is -2.58. The number of likely N-dealkylation sites (N-methyl/N-ethyl adjacent to an activating group) is 1. The first-order valence-corrected chi connectivity index (χ1v) is 12.2. The second-order valence-corrected chi connectivity index (χ2v) is 10.4. The van der Waals surface area contributed by atoms with Gasteiger partial charge in [-0.05, 0) is 43.5 Å². The molecule has 1 saturated carbocycles. The minimum absolute atomic E-state index is 0.0185. The molecule has 11 heteroatoms. The number of hydrogen-bond donors (Lipinski definition) is 5. The molecule has 3 atom stereocenters. The molecule has 1 aromatic rings. The number of phenols is 1. The van der Waals surface area contributed by atoms with Gasteiger partial charge in [-0.2, -0.15) is 0 Å². The van der Waals surface area contributed by atoms with Crippen LogP contribution in [0, 0.1) is 11.8 Å². The van der Waals surface area contributed by atoms with E-state index in [0.717, 1.165) is 26.2 Å². The molecule has 0 radical (unpaired) electrons. The molecule has 37 heavy (non-hydrogen) atoms. The van der Waals surface area contributed by atoms with Crippen molar-refractivity contribution >= 4 is 29.0 Å². The normalized spacial score (nSPS) is 28.6. The number of carbonyl (C=O) groups is 4. The average Bonchev–Trinajstić information content (AvgIpc) is 2.82. The van der Waals surface area contributed by atoms with E-state index in [4.69, 9.17) is 5.73 Å². The van der Waals surface area contributed by atoms with E-state index in [1.165, 1.54) is 12.1 Å². The largest absolute Gasteiger partial charge is 0.508 e. The van der Waals surface area contributed by atoms with Crippen LogP contribution in [0.5, 0.6) is 5.75 Å². The van der Waals surface area contributed by atoms with Crippen LogP contribution in [-0.4, -0.2) is 98.9 Å². The van der Waals surface area contributed by atoms with Crippen LogP contribution in [-0.2, 0) is 20.8 Å². The number of aliphatic hydroxyl groups excluding tert-OH is 2. The Labute approximate surface area is 212 Å². The zero-order valence-corrected chi connectivity index (χ0v) is 20.4. The van der Waals surface area contributed by atoms with Gasteiger partial charge in [-0.15, -0.1) is 0 Å². The molecule has 1 amide bonds. The maximum absolute atomic E-state index is 13.6. The minimum atomic E-state index is -2.61. The molecule has 1 aliphatic heterocycles. The summed E-state index contributed by atoms with van der Waals surface area (Å²) in [7, 11) is 2.01. The van der Waals surface area contributed by atoms with Crippen molar-refractivity contribution in [2.45, 2.75) is 24.9 Å². The second-order valence-electron chi connectivity index (χ2n) is 10.4. The van der Waals surface area contributed by atoms with Crippen LogP contribution >= 0.6 is 0 Å². The molecule has 1 heterocycles. The zero-order valence-electron chi connectivity index (χ0n) is 20.4. The predicted octanol–water partition coefficient (Wildman–Crippen LogP) is -0.146. The van der Waals surface area contributed by atoms with Crippen molar-refractivity contribution < 1.29 is 39.6 Å². The number of aromatic hydroxyl groups is 1. The highest BCUT2D eigenvalue weighted by atomic mass is 16.3. The Hall–Kier alpha value is -3.54. The number of primary amides is 1. The van der Waals surface area contributed by atoms with E-state index in [-0.39, 0.29) is 42.1 Å². The van der Waals surface area contributed by atoms with E-state index in [1.54, 1.807) is 0 Å². The van der Waals surface area contributed by atoms with Crippen molar-refractivity contribution in [3.05, 3.63) is 45.7 Å². The standard InChI is InChI=1S/C26H29N3O8/c1-28-4-6-29(7-5-28)11-18(32)14-2-3-16(30)20-15(14)9-12-8-13-10-17(31)21(25(27)36)24(35)26(13,37)23(34)19(12)22(20)33/h2-3,12-13,30,33,35,37H,4-11H2,1H3,(H2,27,36). The van der Waals surface area contributed by atoms with E-state index in [2.05, 4.69) is 4.90 Å². The van der Waals surface area contributed by atoms with Gasteiger partial charge in [0.05, 0.1) is 12.1 Å². The number of carbonyl (C=O) groups excluding carboxylic acids is 4. The highest BCUT2D eigenvalue weighted by molar-refractivity contribution is 6.22. The first-order chi connectivity index (χ1) is 17.4. The molecule has 3 aliphatic carbocycles. The van der Waals surface area contributed by atoms with Crippen LogP contribution in [0.2, 0.25) is 0 Å². The number of amides is 1. The molecule has 0 bridgehead atoms. The summed E-state index contributed by atoms with van der Waals surface area (Å²) < 4.78 is 0. The van der Waals surface area contributed by atoms with E-state index >= 15 is 0 Å². The van der Waals surface area contributed by atoms with Crippen LogP contribution in [0.25, 0.3) is 5.76 Å². The number of ketones is 3. The highest BCUT2D eigenvalue weighted by Gasteiger charge is 2.60. The topological polar surface area (TPSA) is 182 Å². The lowest BCUT2D eigenvalue weighted by molar-refractivity contribution is -0.147. The molecule has 0 aromatic heterocycles. The summed E-state index contributed by atoms with van der Waals surface area (Å²) in [6.45, 7) is 3.29. The summed E-state index contributed by atoms with van der Waals surface area (Å²) >= 11 is 0. The van der Waals surface area contributed by atoms with E-state index in [1.807, 2.05) is 11.9 Å². The predicted molar refractivity (Wildman–Crippen MR) is 130 cm³/mol. The summed E-state index contributed by atoms with van der Waals surface area (Å²) in [6, 6.07) is 2.78. The Balaban J connectivity index is 1.56. The molecule has 11 nitrogen and oxygen atoms in total. The van der Waals surface area contributed by atoms with E-state index in [0.29, 0.717) is 11.1 Å². The number of nitrogens with zero attached hydrogens (tertiary/aromatic N) is 2.